The van der Waals surface area contributed by atoms with Crippen LogP contribution in [0, 0.1) is 16.0 Å². The summed E-state index contributed by atoms with van der Waals surface area (Å²) in [5.74, 6) is -0.125. The number of anilines is 1. The summed E-state index contributed by atoms with van der Waals surface area (Å²) in [5.41, 5.74) is 0.349. The number of nitro groups is 1. The fourth-order valence-electron chi connectivity index (χ4n) is 5.61. The molecule has 11 nitrogen and oxygen atoms in total. The van der Waals surface area contributed by atoms with Gasteiger partial charge < -0.3 is 33.7 Å². The second kappa shape index (κ2) is 10.5. The van der Waals surface area contributed by atoms with Gasteiger partial charge in [-0.1, -0.05) is 11.6 Å². The van der Waals surface area contributed by atoms with Crippen molar-refractivity contribution in [1.29, 1.82) is 0 Å². The average Bonchev–Trinajstić information content (AvgIpc) is 3.78. The predicted octanol–water partition coefficient (Wildman–Crippen LogP) is 3.64. The largest absolute Gasteiger partial charge is 0.493 e. The smallest absolute Gasteiger partial charge is 0.325 e. The molecule has 0 aromatic heterocycles. The zero-order chi connectivity index (χ0) is 27.0. The zero-order valence-electron chi connectivity index (χ0n) is 22.2. The molecular weight excluding hydrogens is 484 g/mol. The highest BCUT2D eigenvalue weighted by Crippen LogP contribution is 2.59. The third kappa shape index (κ3) is 5.39. The molecule has 0 amide bonds. The summed E-state index contributed by atoms with van der Waals surface area (Å²) in [6.45, 7) is 6.57. The Bertz CT molecular complexity index is 1070. The van der Waals surface area contributed by atoms with Crippen molar-refractivity contribution in [2.24, 2.45) is 5.92 Å². The summed E-state index contributed by atoms with van der Waals surface area (Å²) in [7, 11) is 4.43. The molecule has 3 aliphatic rings. The van der Waals surface area contributed by atoms with E-state index in [4.69, 9.17) is 28.4 Å². The van der Waals surface area contributed by atoms with Crippen molar-refractivity contribution in [1.82, 2.24) is 0 Å². The van der Waals surface area contributed by atoms with Crippen LogP contribution in [-0.2, 0) is 23.7 Å². The first-order valence-corrected chi connectivity index (χ1v) is 12.4. The van der Waals surface area contributed by atoms with Gasteiger partial charge in [-0.25, -0.2) is 0 Å². The number of ether oxygens (including phenoxy) is 6. The Morgan fingerprint density at radius 1 is 1.24 bits per heavy atom. The van der Waals surface area contributed by atoms with E-state index in [1.165, 1.54) is 31.9 Å². The number of epoxide rings is 2. The number of carbonyl (C=O) groups excluding carboxylic acids is 1. The summed E-state index contributed by atoms with van der Waals surface area (Å²) >= 11 is 0. The van der Waals surface area contributed by atoms with Crippen LogP contribution in [-0.4, -0.2) is 74.9 Å². The van der Waals surface area contributed by atoms with Gasteiger partial charge in [-0.2, -0.15) is 0 Å². The van der Waals surface area contributed by atoms with E-state index in [-0.39, 0.29) is 41.3 Å². The van der Waals surface area contributed by atoms with Crippen molar-refractivity contribution >= 4 is 17.3 Å². The van der Waals surface area contributed by atoms with Gasteiger partial charge in [-0.3, -0.25) is 14.9 Å². The third-order valence-corrected chi connectivity index (χ3v) is 7.64. The van der Waals surface area contributed by atoms with Gasteiger partial charge in [-0.05, 0) is 40.0 Å². The Kier molecular flexibility index (Phi) is 7.68. The molecule has 204 valence electrons. The molecule has 1 aromatic carbocycles. The van der Waals surface area contributed by atoms with Crippen LogP contribution in [0.1, 0.15) is 40.0 Å². The molecule has 2 saturated heterocycles. The maximum Gasteiger partial charge on any atom is 0.325 e. The number of nitro benzene ring substituents is 1. The van der Waals surface area contributed by atoms with Crippen LogP contribution >= 0.6 is 0 Å². The molecule has 1 N–H and O–H groups in total. The van der Waals surface area contributed by atoms with Crippen LogP contribution < -0.4 is 14.8 Å². The first-order chi connectivity index (χ1) is 17.6. The monoisotopic (exact) mass is 520 g/mol. The van der Waals surface area contributed by atoms with Crippen molar-refractivity contribution in [3.63, 3.8) is 0 Å². The molecule has 4 rings (SSSR count). The van der Waals surface area contributed by atoms with Crippen molar-refractivity contribution in [3.05, 3.63) is 33.9 Å². The van der Waals surface area contributed by atoms with E-state index in [2.05, 4.69) is 32.2 Å². The number of benzene rings is 1. The number of nitrogens with one attached hydrogen (secondary N) is 1. The van der Waals surface area contributed by atoms with E-state index in [1.54, 1.807) is 7.11 Å². The number of hydrogen-bond acceptors (Lipinski definition) is 10. The number of esters is 1. The van der Waals surface area contributed by atoms with Gasteiger partial charge >= 0.3 is 5.97 Å². The van der Waals surface area contributed by atoms with E-state index in [9.17, 15) is 14.9 Å². The molecule has 1 spiro atoms. The number of hydrogen-bond donors (Lipinski definition) is 1. The van der Waals surface area contributed by atoms with Crippen molar-refractivity contribution in [2.75, 3.05) is 39.8 Å². The second-order valence-electron chi connectivity index (χ2n) is 10.2. The summed E-state index contributed by atoms with van der Waals surface area (Å²) in [6, 6.07) is 2.67. The number of methoxy groups -OCH3 is 3. The van der Waals surface area contributed by atoms with Gasteiger partial charge in [0.2, 0.25) is 0 Å². The minimum absolute atomic E-state index is 0.0489. The summed E-state index contributed by atoms with van der Waals surface area (Å²) in [6.07, 6.45) is 3.44. The topological polar surface area (TPSA) is 134 Å². The quantitative estimate of drug-likeness (QED) is 0.151. The number of carbonyl (C=O) groups is 1. The number of nitrogens with zero attached hydrogens (tertiary/aromatic N) is 1. The molecule has 2 aliphatic heterocycles. The van der Waals surface area contributed by atoms with Gasteiger partial charge in [0.15, 0.2) is 11.5 Å². The van der Waals surface area contributed by atoms with Crippen molar-refractivity contribution in [2.45, 2.75) is 69.5 Å². The Morgan fingerprint density at radius 3 is 2.49 bits per heavy atom. The average molecular weight is 521 g/mol. The summed E-state index contributed by atoms with van der Waals surface area (Å²) in [4.78, 5) is 23.9. The molecule has 2 heterocycles. The molecule has 11 heteroatoms. The molecule has 3 fully saturated rings. The molecule has 1 aliphatic carbocycles. The first kappa shape index (κ1) is 27.2. The molecule has 0 bridgehead atoms. The summed E-state index contributed by atoms with van der Waals surface area (Å²) < 4.78 is 34.3. The maximum absolute atomic E-state index is 12.9. The van der Waals surface area contributed by atoms with Gasteiger partial charge in [0, 0.05) is 13.2 Å². The van der Waals surface area contributed by atoms with E-state index in [1.807, 2.05) is 0 Å². The third-order valence-electron chi connectivity index (χ3n) is 7.64. The SMILES string of the molecule is COc1cc(NCC(=O)OC2CCC3(CO3)C(C3(C)OC3CC=C(C)C)C2OC)c([N+](=O)[O-])cc1OC. The first-order valence-electron chi connectivity index (χ1n) is 12.4. The molecule has 1 saturated carbocycles. The zero-order valence-corrected chi connectivity index (χ0v) is 22.2. The van der Waals surface area contributed by atoms with E-state index < -0.39 is 28.7 Å². The van der Waals surface area contributed by atoms with E-state index in [0.29, 0.717) is 18.8 Å². The summed E-state index contributed by atoms with van der Waals surface area (Å²) in [5, 5.41) is 14.4. The van der Waals surface area contributed by atoms with Crippen LogP contribution in [0.2, 0.25) is 0 Å². The van der Waals surface area contributed by atoms with Gasteiger partial charge in [0.1, 0.15) is 35.6 Å². The Morgan fingerprint density at radius 2 is 1.92 bits per heavy atom. The number of rotatable bonds is 11. The molecule has 0 radical (unpaired) electrons. The Labute approximate surface area is 216 Å². The Hall–Kier alpha value is -2.89. The lowest BCUT2D eigenvalue weighted by Crippen LogP contribution is -2.55. The highest BCUT2D eigenvalue weighted by molar-refractivity contribution is 5.78. The molecule has 6 atom stereocenters. The van der Waals surface area contributed by atoms with Gasteiger partial charge in [0.05, 0.1) is 43.8 Å². The minimum Gasteiger partial charge on any atom is -0.493 e. The standard InChI is InChI=1S/C26H36N2O9/c1-15(2)7-8-21-25(3,37-21)24-23(34-6)18(9-10-26(24)14-35-26)36-22(29)13-27-16-11-19(32-4)20(33-5)12-17(16)28(30)31/h7,11-12,18,21,23-24,27H,8-10,13-14H2,1-6H3. The van der Waals surface area contributed by atoms with Crippen molar-refractivity contribution < 1.29 is 38.1 Å². The Balaban J connectivity index is 1.44. The predicted molar refractivity (Wildman–Crippen MR) is 134 cm³/mol. The fourth-order valence-corrected chi connectivity index (χ4v) is 5.61. The lowest BCUT2D eigenvalue weighted by molar-refractivity contribution is -0.384. The molecule has 1 aromatic rings. The minimum atomic E-state index is -0.556. The van der Waals surface area contributed by atoms with E-state index in [0.717, 1.165) is 12.8 Å². The lowest BCUT2D eigenvalue weighted by atomic mass is 9.68. The van der Waals surface area contributed by atoms with Crippen molar-refractivity contribution in [3.8, 4) is 11.5 Å². The van der Waals surface area contributed by atoms with Gasteiger partial charge in [-0.15, -0.1) is 0 Å². The van der Waals surface area contributed by atoms with Crippen LogP contribution in [0.15, 0.2) is 23.8 Å². The fraction of sp³-hybridized carbons (Fsp3) is 0.654. The molecule has 6 unspecified atom stereocenters. The highest BCUT2D eigenvalue weighted by atomic mass is 16.6. The van der Waals surface area contributed by atoms with Crippen LogP contribution in [0.5, 0.6) is 11.5 Å². The normalized spacial score (nSPS) is 31.8. The highest BCUT2D eigenvalue weighted by Gasteiger charge is 2.72. The molecular formula is C26H36N2O9. The number of allylic oxidation sites excluding steroid dienone is 1. The second-order valence-corrected chi connectivity index (χ2v) is 10.2. The van der Waals surface area contributed by atoms with Gasteiger partial charge in [0.25, 0.3) is 5.69 Å². The lowest BCUT2D eigenvalue weighted by Gasteiger charge is -2.42. The van der Waals surface area contributed by atoms with Crippen LogP contribution in [0.25, 0.3) is 0 Å². The van der Waals surface area contributed by atoms with Crippen LogP contribution in [0.3, 0.4) is 0 Å². The maximum atomic E-state index is 12.9. The van der Waals surface area contributed by atoms with E-state index >= 15 is 0 Å². The van der Waals surface area contributed by atoms with Crippen LogP contribution in [0.4, 0.5) is 11.4 Å². The molecule has 37 heavy (non-hydrogen) atoms.